The number of aromatic amines is 1. The van der Waals surface area contributed by atoms with E-state index in [1.54, 1.807) is 19.0 Å². The maximum absolute atomic E-state index is 12.5. The topological polar surface area (TPSA) is 81.3 Å². The molecule has 1 aromatic heterocycles. The second-order valence-electron chi connectivity index (χ2n) is 6.43. The number of nitrogens with one attached hydrogen (secondary N) is 2. The second kappa shape index (κ2) is 7.00. The molecule has 2 N–H and O–H groups in total. The van der Waals surface area contributed by atoms with Crippen LogP contribution in [-0.4, -0.2) is 71.6 Å². The Morgan fingerprint density at radius 2 is 2.00 bits per heavy atom. The summed E-state index contributed by atoms with van der Waals surface area (Å²) in [6.07, 6.45) is 1.68. The molecule has 3 rings (SSSR count). The van der Waals surface area contributed by atoms with Gasteiger partial charge in [0, 0.05) is 38.6 Å². The molecule has 1 fully saturated rings. The van der Waals surface area contributed by atoms with E-state index in [2.05, 4.69) is 20.4 Å². The van der Waals surface area contributed by atoms with Crippen molar-refractivity contribution in [3.05, 3.63) is 30.0 Å². The number of aromatic nitrogens is 2. The molecular formula is C17H23N5O2. The van der Waals surface area contributed by atoms with Gasteiger partial charge in [-0.05, 0) is 18.9 Å². The zero-order valence-electron chi connectivity index (χ0n) is 14.1. The first-order chi connectivity index (χ1) is 11.5. The van der Waals surface area contributed by atoms with Crippen LogP contribution in [0.3, 0.4) is 0 Å². The third kappa shape index (κ3) is 3.56. The average molecular weight is 329 g/mol. The number of carbonyl (C=O) groups is 2. The summed E-state index contributed by atoms with van der Waals surface area (Å²) in [6, 6.07) is 7.73. The molecule has 2 heterocycles. The fourth-order valence-electron chi connectivity index (χ4n) is 2.96. The number of H-pyrrole nitrogens is 1. The van der Waals surface area contributed by atoms with Gasteiger partial charge in [-0.3, -0.25) is 19.6 Å². The Bertz CT molecular complexity index is 731. The van der Waals surface area contributed by atoms with Gasteiger partial charge in [0.2, 0.25) is 5.91 Å². The van der Waals surface area contributed by atoms with Gasteiger partial charge in [0.25, 0.3) is 5.91 Å². The van der Waals surface area contributed by atoms with Crippen molar-refractivity contribution in [2.45, 2.75) is 18.9 Å². The minimum absolute atomic E-state index is 0.112. The van der Waals surface area contributed by atoms with Crippen molar-refractivity contribution in [1.29, 1.82) is 0 Å². The van der Waals surface area contributed by atoms with E-state index in [0.29, 0.717) is 12.2 Å². The lowest BCUT2D eigenvalue weighted by Gasteiger charge is -2.32. The molecule has 0 radical (unpaired) electrons. The molecule has 0 unspecified atom stereocenters. The number of benzene rings is 1. The highest BCUT2D eigenvalue weighted by atomic mass is 16.2. The first kappa shape index (κ1) is 16.4. The summed E-state index contributed by atoms with van der Waals surface area (Å²) in [4.78, 5) is 28.0. The SMILES string of the molecule is CN(C)C(=O)CN1CCC(NC(=O)c2n[nH]c3ccccc23)CC1. The number of fused-ring (bicyclic) bond motifs is 1. The smallest absolute Gasteiger partial charge is 0.272 e. The normalized spacial score (nSPS) is 16.2. The Balaban J connectivity index is 1.54. The van der Waals surface area contributed by atoms with Crippen molar-refractivity contribution in [1.82, 2.24) is 25.3 Å². The van der Waals surface area contributed by atoms with Gasteiger partial charge in [-0.1, -0.05) is 18.2 Å². The molecule has 2 amide bonds. The third-order valence-corrected chi connectivity index (χ3v) is 4.47. The van der Waals surface area contributed by atoms with Crippen LogP contribution < -0.4 is 5.32 Å². The Morgan fingerprint density at radius 1 is 1.29 bits per heavy atom. The molecule has 24 heavy (non-hydrogen) atoms. The molecule has 1 saturated heterocycles. The number of carbonyl (C=O) groups excluding carboxylic acids is 2. The summed E-state index contributed by atoms with van der Waals surface area (Å²) < 4.78 is 0. The molecule has 7 nitrogen and oxygen atoms in total. The van der Waals surface area contributed by atoms with Crippen molar-refractivity contribution in [3.8, 4) is 0 Å². The fourth-order valence-corrected chi connectivity index (χ4v) is 2.96. The number of hydrogen-bond acceptors (Lipinski definition) is 4. The number of likely N-dealkylation sites (tertiary alicyclic amines) is 1. The number of nitrogens with zero attached hydrogens (tertiary/aromatic N) is 3. The lowest BCUT2D eigenvalue weighted by Crippen LogP contribution is -2.47. The van der Waals surface area contributed by atoms with Crippen LogP contribution in [0.25, 0.3) is 10.9 Å². The summed E-state index contributed by atoms with van der Waals surface area (Å²) in [5.41, 5.74) is 1.30. The number of piperidine rings is 1. The van der Waals surface area contributed by atoms with Gasteiger partial charge in [-0.25, -0.2) is 0 Å². The van der Waals surface area contributed by atoms with Crippen LogP contribution in [0.15, 0.2) is 24.3 Å². The maximum atomic E-state index is 12.5. The lowest BCUT2D eigenvalue weighted by molar-refractivity contribution is -0.130. The zero-order chi connectivity index (χ0) is 17.1. The van der Waals surface area contributed by atoms with Crippen LogP contribution in [0.4, 0.5) is 0 Å². The minimum Gasteiger partial charge on any atom is -0.348 e. The Hall–Kier alpha value is -2.41. The van der Waals surface area contributed by atoms with Crippen molar-refractivity contribution in [2.75, 3.05) is 33.7 Å². The van der Waals surface area contributed by atoms with Crippen LogP contribution in [0.1, 0.15) is 23.3 Å². The first-order valence-corrected chi connectivity index (χ1v) is 8.21. The number of likely N-dealkylation sites (N-methyl/N-ethyl adjacent to an activating group) is 1. The summed E-state index contributed by atoms with van der Waals surface area (Å²) in [6.45, 7) is 2.06. The Kier molecular flexibility index (Phi) is 4.80. The van der Waals surface area contributed by atoms with Crippen LogP contribution in [-0.2, 0) is 4.79 Å². The molecule has 128 valence electrons. The van der Waals surface area contributed by atoms with Gasteiger partial charge in [-0.15, -0.1) is 0 Å². The van der Waals surface area contributed by atoms with E-state index in [-0.39, 0.29) is 17.9 Å². The Labute approximate surface area is 141 Å². The summed E-state index contributed by atoms with van der Waals surface area (Å²) >= 11 is 0. The number of para-hydroxylation sites is 1. The standard InChI is InChI=1S/C17H23N5O2/c1-21(2)15(23)11-22-9-7-12(8-10-22)18-17(24)16-13-5-3-4-6-14(13)19-20-16/h3-6,12H,7-11H2,1-2H3,(H,18,24)(H,19,20). The van der Waals surface area contributed by atoms with Gasteiger partial charge in [-0.2, -0.15) is 5.10 Å². The van der Waals surface area contributed by atoms with Crippen molar-refractivity contribution >= 4 is 22.7 Å². The van der Waals surface area contributed by atoms with Gasteiger partial charge in [0.15, 0.2) is 5.69 Å². The molecule has 1 aliphatic heterocycles. The van der Waals surface area contributed by atoms with Gasteiger partial charge >= 0.3 is 0 Å². The van der Waals surface area contributed by atoms with Gasteiger partial charge in [0.1, 0.15) is 0 Å². The van der Waals surface area contributed by atoms with Crippen molar-refractivity contribution < 1.29 is 9.59 Å². The number of amides is 2. The quantitative estimate of drug-likeness (QED) is 0.871. The van der Waals surface area contributed by atoms with Crippen LogP contribution in [0.2, 0.25) is 0 Å². The highest BCUT2D eigenvalue weighted by molar-refractivity contribution is 6.04. The van der Waals surface area contributed by atoms with Crippen LogP contribution >= 0.6 is 0 Å². The molecule has 7 heteroatoms. The predicted molar refractivity (Wildman–Crippen MR) is 91.7 cm³/mol. The van der Waals surface area contributed by atoms with E-state index in [1.165, 1.54) is 0 Å². The van der Waals surface area contributed by atoms with E-state index in [1.807, 2.05) is 24.3 Å². The Morgan fingerprint density at radius 3 is 2.71 bits per heavy atom. The number of hydrogen-bond donors (Lipinski definition) is 2. The second-order valence-corrected chi connectivity index (χ2v) is 6.43. The van der Waals surface area contributed by atoms with E-state index in [0.717, 1.165) is 36.8 Å². The molecule has 1 aromatic carbocycles. The molecular weight excluding hydrogens is 306 g/mol. The molecule has 0 saturated carbocycles. The molecule has 0 atom stereocenters. The van der Waals surface area contributed by atoms with Crippen LogP contribution in [0, 0.1) is 0 Å². The van der Waals surface area contributed by atoms with E-state index in [9.17, 15) is 9.59 Å². The molecule has 2 aromatic rings. The van der Waals surface area contributed by atoms with Gasteiger partial charge in [0.05, 0.1) is 12.1 Å². The average Bonchev–Trinajstić information content (AvgIpc) is 3.00. The molecule has 1 aliphatic rings. The molecule has 0 bridgehead atoms. The van der Waals surface area contributed by atoms with Crippen molar-refractivity contribution in [2.24, 2.45) is 0 Å². The van der Waals surface area contributed by atoms with Gasteiger partial charge < -0.3 is 10.2 Å². The summed E-state index contributed by atoms with van der Waals surface area (Å²) in [7, 11) is 3.53. The third-order valence-electron chi connectivity index (χ3n) is 4.47. The monoisotopic (exact) mass is 329 g/mol. The van der Waals surface area contributed by atoms with Crippen molar-refractivity contribution in [3.63, 3.8) is 0 Å². The summed E-state index contributed by atoms with van der Waals surface area (Å²) in [5.74, 6) is -0.0317. The summed E-state index contributed by atoms with van der Waals surface area (Å²) in [5, 5.41) is 10.9. The van der Waals surface area contributed by atoms with E-state index >= 15 is 0 Å². The van der Waals surface area contributed by atoms with Crippen LogP contribution in [0.5, 0.6) is 0 Å². The highest BCUT2D eigenvalue weighted by Gasteiger charge is 2.24. The maximum Gasteiger partial charge on any atom is 0.272 e. The van der Waals surface area contributed by atoms with E-state index < -0.39 is 0 Å². The lowest BCUT2D eigenvalue weighted by atomic mass is 10.0. The highest BCUT2D eigenvalue weighted by Crippen LogP contribution is 2.16. The largest absolute Gasteiger partial charge is 0.348 e. The molecule has 0 aliphatic carbocycles. The predicted octanol–water partition coefficient (Wildman–Crippen LogP) is 0.845. The fraction of sp³-hybridized carbons (Fsp3) is 0.471. The molecule has 0 spiro atoms. The minimum atomic E-state index is -0.143. The zero-order valence-corrected chi connectivity index (χ0v) is 14.1. The number of rotatable bonds is 4. The van der Waals surface area contributed by atoms with E-state index in [4.69, 9.17) is 0 Å². The first-order valence-electron chi connectivity index (χ1n) is 8.21.